The van der Waals surface area contributed by atoms with Crippen LogP contribution in [0.2, 0.25) is 0 Å². The van der Waals surface area contributed by atoms with Crippen LogP contribution in [-0.4, -0.2) is 49.2 Å². The van der Waals surface area contributed by atoms with Crippen molar-refractivity contribution in [1.29, 1.82) is 0 Å². The third-order valence-corrected chi connectivity index (χ3v) is 5.88. The van der Waals surface area contributed by atoms with E-state index in [0.29, 0.717) is 29.8 Å². The number of benzene rings is 2. The minimum absolute atomic E-state index is 0.0838. The number of methoxy groups -OCH3 is 3. The third-order valence-electron chi connectivity index (χ3n) is 5.88. The first-order chi connectivity index (χ1) is 15.9. The van der Waals surface area contributed by atoms with Crippen LogP contribution >= 0.6 is 0 Å². The Morgan fingerprint density at radius 2 is 1.85 bits per heavy atom. The molecule has 0 bridgehead atoms. The van der Waals surface area contributed by atoms with Gasteiger partial charge in [-0.15, -0.1) is 0 Å². The summed E-state index contributed by atoms with van der Waals surface area (Å²) in [7, 11) is 4.13. The van der Waals surface area contributed by atoms with E-state index in [9.17, 15) is 14.7 Å². The summed E-state index contributed by atoms with van der Waals surface area (Å²) in [6.07, 6.45) is 1.21. The summed E-state index contributed by atoms with van der Waals surface area (Å²) in [6.45, 7) is 0.663. The maximum atomic E-state index is 12.9. The fraction of sp³-hybridized carbons (Fsp3) is 0.333. The highest BCUT2D eigenvalue weighted by Crippen LogP contribution is 2.41. The second-order valence-electron chi connectivity index (χ2n) is 7.80. The largest absolute Gasteiger partial charge is 0.502 e. The molecule has 0 unspecified atom stereocenters. The molecular weight excluding hydrogens is 428 g/mol. The van der Waals surface area contributed by atoms with Crippen molar-refractivity contribution in [2.45, 2.75) is 25.2 Å². The molecular formula is C24H26N2O7. The summed E-state index contributed by atoms with van der Waals surface area (Å²) in [5, 5.41) is 15.9. The van der Waals surface area contributed by atoms with Crippen LogP contribution in [0, 0.1) is 0 Å². The highest BCUT2D eigenvalue weighted by atomic mass is 16.5. The van der Waals surface area contributed by atoms with Gasteiger partial charge in [0.25, 0.3) is 5.56 Å². The summed E-state index contributed by atoms with van der Waals surface area (Å²) in [6, 6.07) is 9.15. The molecule has 174 valence electrons. The number of H-pyrrole nitrogens is 2. The Morgan fingerprint density at radius 1 is 1.12 bits per heavy atom. The zero-order chi connectivity index (χ0) is 23.5. The number of hydrogen-bond acceptors (Lipinski definition) is 7. The Bertz CT molecular complexity index is 1200. The van der Waals surface area contributed by atoms with E-state index in [0.717, 1.165) is 23.3 Å². The van der Waals surface area contributed by atoms with Gasteiger partial charge in [-0.1, -0.05) is 12.1 Å². The normalized spacial score (nSPS) is 13.2. The topological polar surface area (TPSA) is 123 Å². The zero-order valence-corrected chi connectivity index (χ0v) is 18.7. The van der Waals surface area contributed by atoms with Gasteiger partial charge in [0.15, 0.2) is 11.5 Å². The third kappa shape index (κ3) is 4.39. The Morgan fingerprint density at radius 3 is 2.52 bits per heavy atom. The van der Waals surface area contributed by atoms with E-state index in [1.807, 2.05) is 12.1 Å². The standard InChI is InChI=1S/C24H26N2O7/c1-30-19-10-15(11-20(31-2)23(19)28)16(12-21(27)32-3)22-17(25-26-24(22)29)9-13-4-5-18-14(8-13)6-7-33-18/h4-5,8,10-11,16,28H,6-7,9,12H2,1-3H3,(H2,25,26,29)/t16-/m0/s1. The molecule has 0 saturated heterocycles. The van der Waals surface area contributed by atoms with Gasteiger partial charge in [-0.3, -0.25) is 14.7 Å². The van der Waals surface area contributed by atoms with Crippen molar-refractivity contribution in [3.8, 4) is 23.0 Å². The first-order valence-corrected chi connectivity index (χ1v) is 10.5. The van der Waals surface area contributed by atoms with E-state index >= 15 is 0 Å². The first-order valence-electron chi connectivity index (χ1n) is 10.5. The summed E-state index contributed by atoms with van der Waals surface area (Å²) in [4.78, 5) is 25.2. The molecule has 33 heavy (non-hydrogen) atoms. The maximum absolute atomic E-state index is 12.9. The average Bonchev–Trinajstić information content (AvgIpc) is 3.43. The number of hydrogen-bond donors (Lipinski definition) is 3. The number of carbonyl (C=O) groups excluding carboxylic acids is 1. The Labute approximate surface area is 190 Å². The first kappa shape index (κ1) is 22.3. The zero-order valence-electron chi connectivity index (χ0n) is 18.7. The van der Waals surface area contributed by atoms with Crippen LogP contribution in [0.5, 0.6) is 23.0 Å². The van der Waals surface area contributed by atoms with Gasteiger partial charge in [0.1, 0.15) is 5.75 Å². The van der Waals surface area contributed by atoms with Crippen LogP contribution in [0.15, 0.2) is 35.1 Å². The molecule has 0 aliphatic carbocycles. The molecule has 1 aliphatic heterocycles. The predicted molar refractivity (Wildman–Crippen MR) is 120 cm³/mol. The Kier molecular flexibility index (Phi) is 6.30. The lowest BCUT2D eigenvalue weighted by atomic mass is 9.86. The minimum Gasteiger partial charge on any atom is -0.502 e. The summed E-state index contributed by atoms with van der Waals surface area (Å²) < 4.78 is 21.0. The lowest BCUT2D eigenvalue weighted by Crippen LogP contribution is -2.18. The van der Waals surface area contributed by atoms with E-state index in [4.69, 9.17) is 18.9 Å². The van der Waals surface area contributed by atoms with Crippen molar-refractivity contribution in [2.75, 3.05) is 27.9 Å². The number of carbonyl (C=O) groups is 1. The molecule has 2 aromatic carbocycles. The van der Waals surface area contributed by atoms with Crippen molar-refractivity contribution in [3.05, 3.63) is 68.6 Å². The molecule has 1 aromatic heterocycles. The Hall–Kier alpha value is -3.88. The summed E-state index contributed by atoms with van der Waals surface area (Å²) in [5.41, 5.74) is 3.43. The minimum atomic E-state index is -0.663. The number of aromatic nitrogens is 2. The molecule has 3 N–H and O–H groups in total. The SMILES string of the molecule is COC(=O)C[C@@H](c1cc(OC)c(O)c(OC)c1)c1c(Cc2ccc3c(c2)CCO3)[nH][nH]c1=O. The highest BCUT2D eigenvalue weighted by Gasteiger charge is 2.28. The van der Waals surface area contributed by atoms with Crippen LogP contribution in [0.1, 0.15) is 40.3 Å². The molecule has 4 rings (SSSR count). The highest BCUT2D eigenvalue weighted by molar-refractivity contribution is 5.72. The number of fused-ring (bicyclic) bond motifs is 1. The molecule has 0 radical (unpaired) electrons. The molecule has 9 heteroatoms. The molecule has 0 amide bonds. The molecule has 9 nitrogen and oxygen atoms in total. The van der Waals surface area contributed by atoms with E-state index in [2.05, 4.69) is 16.3 Å². The molecule has 2 heterocycles. The van der Waals surface area contributed by atoms with Crippen molar-refractivity contribution >= 4 is 5.97 Å². The number of esters is 1. The summed E-state index contributed by atoms with van der Waals surface area (Å²) in [5.74, 6) is -0.0777. The second kappa shape index (κ2) is 9.32. The monoisotopic (exact) mass is 454 g/mol. The molecule has 3 aromatic rings. The van der Waals surface area contributed by atoms with Gasteiger partial charge in [-0.25, -0.2) is 0 Å². The van der Waals surface area contributed by atoms with E-state index < -0.39 is 11.9 Å². The van der Waals surface area contributed by atoms with Gasteiger partial charge in [0.05, 0.1) is 34.4 Å². The number of nitrogens with one attached hydrogen (secondary N) is 2. The fourth-order valence-corrected chi connectivity index (χ4v) is 4.22. The van der Waals surface area contributed by atoms with Gasteiger partial charge in [-0.05, 0) is 34.9 Å². The van der Waals surface area contributed by atoms with Crippen molar-refractivity contribution in [1.82, 2.24) is 10.2 Å². The van der Waals surface area contributed by atoms with Crippen LogP contribution in [0.4, 0.5) is 0 Å². The quantitative estimate of drug-likeness (QED) is 0.447. The molecule has 0 spiro atoms. The van der Waals surface area contributed by atoms with Crippen molar-refractivity contribution in [3.63, 3.8) is 0 Å². The number of aromatic amines is 2. The number of phenols is 1. The van der Waals surface area contributed by atoms with Crippen LogP contribution in [0.3, 0.4) is 0 Å². The van der Waals surface area contributed by atoms with Gasteiger partial charge in [-0.2, -0.15) is 0 Å². The van der Waals surface area contributed by atoms with Crippen LogP contribution in [0.25, 0.3) is 0 Å². The number of aromatic hydroxyl groups is 1. The van der Waals surface area contributed by atoms with Crippen LogP contribution in [-0.2, 0) is 22.4 Å². The number of ether oxygens (including phenoxy) is 4. The summed E-state index contributed by atoms with van der Waals surface area (Å²) >= 11 is 0. The second-order valence-corrected chi connectivity index (χ2v) is 7.80. The lowest BCUT2D eigenvalue weighted by Gasteiger charge is -2.19. The maximum Gasteiger partial charge on any atom is 0.306 e. The van der Waals surface area contributed by atoms with Crippen molar-refractivity contribution < 1.29 is 28.8 Å². The van der Waals surface area contributed by atoms with E-state index in [1.165, 1.54) is 21.3 Å². The smallest absolute Gasteiger partial charge is 0.306 e. The Balaban J connectivity index is 1.78. The number of rotatable bonds is 8. The number of phenolic OH excluding ortho intramolecular Hbond substituents is 1. The molecule has 0 fully saturated rings. The van der Waals surface area contributed by atoms with Gasteiger partial charge in [0, 0.05) is 30.0 Å². The molecule has 1 atom stereocenters. The molecule has 0 saturated carbocycles. The fourth-order valence-electron chi connectivity index (χ4n) is 4.22. The lowest BCUT2D eigenvalue weighted by molar-refractivity contribution is -0.140. The van der Waals surface area contributed by atoms with Crippen LogP contribution < -0.4 is 19.8 Å². The van der Waals surface area contributed by atoms with Gasteiger partial charge >= 0.3 is 5.97 Å². The van der Waals surface area contributed by atoms with Gasteiger partial charge < -0.3 is 29.2 Å². The van der Waals surface area contributed by atoms with Gasteiger partial charge in [0.2, 0.25) is 5.75 Å². The average molecular weight is 454 g/mol. The van der Waals surface area contributed by atoms with E-state index in [-0.39, 0.29) is 29.2 Å². The van der Waals surface area contributed by atoms with Crippen molar-refractivity contribution in [2.24, 2.45) is 0 Å². The molecule has 1 aliphatic rings. The van der Waals surface area contributed by atoms with E-state index in [1.54, 1.807) is 12.1 Å². The predicted octanol–water partition coefficient (Wildman–Crippen LogP) is 2.65.